The summed E-state index contributed by atoms with van der Waals surface area (Å²) >= 11 is 6.11. The van der Waals surface area contributed by atoms with Gasteiger partial charge in [0.05, 0.1) is 15.5 Å². The number of amides is 1. The molecule has 1 amide bonds. The van der Waals surface area contributed by atoms with E-state index in [2.05, 4.69) is 23.9 Å². The van der Waals surface area contributed by atoms with Crippen LogP contribution >= 0.6 is 11.6 Å². The molecule has 2 N–H and O–H groups in total. The molecule has 2 aromatic rings. The molecule has 0 bridgehead atoms. The lowest BCUT2D eigenvalue weighted by Crippen LogP contribution is -2.33. The molecule has 0 aromatic heterocycles. The van der Waals surface area contributed by atoms with Crippen LogP contribution in [0.4, 0.5) is 10.1 Å². The van der Waals surface area contributed by atoms with E-state index in [9.17, 15) is 17.6 Å². The molecule has 0 aliphatic carbocycles. The lowest BCUT2D eigenvalue weighted by atomic mass is 10.0. The highest BCUT2D eigenvalue weighted by atomic mass is 35.5. The third-order valence-electron chi connectivity index (χ3n) is 4.14. The van der Waals surface area contributed by atoms with Crippen LogP contribution in [0.15, 0.2) is 47.4 Å². The van der Waals surface area contributed by atoms with Gasteiger partial charge in [-0.25, -0.2) is 12.8 Å². The van der Waals surface area contributed by atoms with Gasteiger partial charge in [-0.2, -0.15) is 0 Å². The number of hydrogen-bond donors (Lipinski definition) is 2. The van der Waals surface area contributed by atoms with E-state index in [1.807, 2.05) is 6.92 Å². The summed E-state index contributed by atoms with van der Waals surface area (Å²) in [4.78, 5) is 12.4. The number of rotatable bonds is 8. The van der Waals surface area contributed by atoms with Crippen LogP contribution in [0.1, 0.15) is 44.0 Å². The molecule has 0 aliphatic rings. The fraction of sp³-hybridized carbons (Fsp3) is 0.350. The highest BCUT2D eigenvalue weighted by Crippen LogP contribution is 2.23. The van der Waals surface area contributed by atoms with Crippen molar-refractivity contribution in [2.24, 2.45) is 5.92 Å². The number of anilines is 1. The first-order valence-corrected chi connectivity index (χ1v) is 10.8. The highest BCUT2D eigenvalue weighted by molar-refractivity contribution is 7.92. The summed E-state index contributed by atoms with van der Waals surface area (Å²) in [7, 11) is -3.96. The van der Waals surface area contributed by atoms with Crippen LogP contribution in [0.25, 0.3) is 0 Å². The van der Waals surface area contributed by atoms with Gasteiger partial charge in [0.1, 0.15) is 5.82 Å². The maximum Gasteiger partial charge on any atom is 0.261 e. The zero-order chi connectivity index (χ0) is 20.9. The molecular weight excluding hydrogens is 403 g/mol. The Morgan fingerprint density at radius 1 is 1.07 bits per heavy atom. The van der Waals surface area contributed by atoms with Crippen LogP contribution in [0.5, 0.6) is 0 Å². The minimum atomic E-state index is -3.96. The first-order chi connectivity index (χ1) is 13.1. The quantitative estimate of drug-likeness (QED) is 0.634. The van der Waals surface area contributed by atoms with Crippen molar-refractivity contribution >= 4 is 33.2 Å². The molecule has 0 saturated heterocycles. The van der Waals surface area contributed by atoms with Gasteiger partial charge >= 0.3 is 0 Å². The van der Waals surface area contributed by atoms with Crippen LogP contribution in [0, 0.1) is 11.7 Å². The largest absolute Gasteiger partial charge is 0.350 e. The van der Waals surface area contributed by atoms with Crippen LogP contribution in [0.2, 0.25) is 5.02 Å². The van der Waals surface area contributed by atoms with Crippen molar-refractivity contribution in [2.45, 2.75) is 44.6 Å². The molecule has 152 valence electrons. The molecule has 0 radical (unpaired) electrons. The molecule has 1 atom stereocenters. The summed E-state index contributed by atoms with van der Waals surface area (Å²) in [5, 5.41) is 3.01. The van der Waals surface area contributed by atoms with Gasteiger partial charge in [-0.05, 0) is 68.1 Å². The normalized spacial score (nSPS) is 12.6. The van der Waals surface area contributed by atoms with Gasteiger partial charge in [0, 0.05) is 11.7 Å². The molecule has 8 heteroatoms. The third-order valence-corrected chi connectivity index (χ3v) is 5.85. The number of benzene rings is 2. The number of carbonyl (C=O) groups is 1. The summed E-state index contributed by atoms with van der Waals surface area (Å²) in [6, 6.07) is 8.78. The van der Waals surface area contributed by atoms with Crippen LogP contribution in [0.3, 0.4) is 0 Å². The van der Waals surface area contributed by atoms with Gasteiger partial charge in [-0.1, -0.05) is 25.4 Å². The van der Waals surface area contributed by atoms with Crippen molar-refractivity contribution in [3.63, 3.8) is 0 Å². The molecule has 5 nitrogen and oxygen atoms in total. The van der Waals surface area contributed by atoms with Gasteiger partial charge in [-0.15, -0.1) is 0 Å². The maximum atomic E-state index is 13.0. The van der Waals surface area contributed by atoms with E-state index in [1.165, 1.54) is 30.3 Å². The Labute approximate surface area is 170 Å². The Bertz CT molecular complexity index is 931. The van der Waals surface area contributed by atoms with Crippen molar-refractivity contribution in [2.75, 3.05) is 4.72 Å². The van der Waals surface area contributed by atoms with Gasteiger partial charge in [0.2, 0.25) is 0 Å². The van der Waals surface area contributed by atoms with Gasteiger partial charge in [0.15, 0.2) is 0 Å². The van der Waals surface area contributed by atoms with Gasteiger partial charge < -0.3 is 5.32 Å². The van der Waals surface area contributed by atoms with Gasteiger partial charge in [0.25, 0.3) is 15.9 Å². The first-order valence-electron chi connectivity index (χ1n) is 8.97. The van der Waals surface area contributed by atoms with Gasteiger partial charge in [-0.3, -0.25) is 9.52 Å². The third kappa shape index (κ3) is 6.21. The fourth-order valence-corrected chi connectivity index (χ4v) is 3.82. The Balaban J connectivity index is 2.19. The Morgan fingerprint density at radius 3 is 2.32 bits per heavy atom. The van der Waals surface area contributed by atoms with Crippen molar-refractivity contribution in [1.29, 1.82) is 0 Å². The second-order valence-electron chi connectivity index (χ2n) is 7.10. The predicted octanol–water partition coefficient (Wildman–Crippen LogP) is 4.83. The van der Waals surface area contributed by atoms with Crippen molar-refractivity contribution in [1.82, 2.24) is 5.32 Å². The number of carbonyl (C=O) groups excluding carboxylic acids is 1. The molecule has 0 fully saturated rings. The SMILES string of the molecule is CC(C)CCC(C)NC(=O)c1cc(S(=O)(=O)Nc2ccc(F)cc2)ccc1Cl. The molecule has 0 saturated carbocycles. The summed E-state index contributed by atoms with van der Waals surface area (Å²) in [5.41, 5.74) is 0.296. The van der Waals surface area contributed by atoms with E-state index in [4.69, 9.17) is 11.6 Å². The molecule has 1 unspecified atom stereocenters. The predicted molar refractivity (Wildman–Crippen MR) is 110 cm³/mol. The monoisotopic (exact) mass is 426 g/mol. The topological polar surface area (TPSA) is 75.3 Å². The minimum Gasteiger partial charge on any atom is -0.350 e. The number of hydrogen-bond acceptors (Lipinski definition) is 3. The van der Waals surface area contributed by atoms with Crippen LogP contribution < -0.4 is 10.0 Å². The van der Waals surface area contributed by atoms with Crippen LogP contribution in [-0.4, -0.2) is 20.4 Å². The maximum absolute atomic E-state index is 13.0. The Hall–Kier alpha value is -2.12. The zero-order valence-corrected chi connectivity index (χ0v) is 17.6. The Kier molecular flexibility index (Phi) is 7.43. The molecule has 0 aliphatic heterocycles. The molecule has 0 spiro atoms. The average Bonchev–Trinajstić information content (AvgIpc) is 2.62. The summed E-state index contributed by atoms with van der Waals surface area (Å²) in [5.74, 6) is -0.381. The van der Waals surface area contributed by atoms with E-state index < -0.39 is 21.7 Å². The molecule has 2 rings (SSSR count). The smallest absolute Gasteiger partial charge is 0.261 e. The number of nitrogens with one attached hydrogen (secondary N) is 2. The summed E-state index contributed by atoms with van der Waals surface area (Å²) in [6.07, 6.45) is 1.77. The lowest BCUT2D eigenvalue weighted by molar-refractivity contribution is 0.0937. The second-order valence-corrected chi connectivity index (χ2v) is 9.19. The van der Waals surface area contributed by atoms with Crippen molar-refractivity contribution < 1.29 is 17.6 Å². The molecule has 28 heavy (non-hydrogen) atoms. The van der Waals surface area contributed by atoms with E-state index in [0.717, 1.165) is 25.0 Å². The standard InChI is InChI=1S/C20H24ClFN2O3S/c1-13(2)4-5-14(3)23-20(25)18-12-17(10-11-19(18)21)28(26,27)24-16-8-6-15(22)7-9-16/h6-14,24H,4-5H2,1-3H3,(H,23,25). The van der Waals surface area contributed by atoms with Crippen LogP contribution in [-0.2, 0) is 10.0 Å². The second kappa shape index (κ2) is 9.39. The van der Waals surface area contributed by atoms with E-state index in [-0.39, 0.29) is 27.2 Å². The zero-order valence-electron chi connectivity index (χ0n) is 16.0. The average molecular weight is 427 g/mol. The van der Waals surface area contributed by atoms with E-state index in [0.29, 0.717) is 5.92 Å². The molecule has 0 heterocycles. The molecular formula is C20H24ClFN2O3S. The van der Waals surface area contributed by atoms with E-state index in [1.54, 1.807) is 0 Å². The van der Waals surface area contributed by atoms with Crippen molar-refractivity contribution in [3.05, 3.63) is 58.9 Å². The van der Waals surface area contributed by atoms with E-state index >= 15 is 0 Å². The highest BCUT2D eigenvalue weighted by Gasteiger charge is 2.20. The molecule has 2 aromatic carbocycles. The number of sulfonamides is 1. The Morgan fingerprint density at radius 2 is 1.71 bits per heavy atom. The number of halogens is 2. The van der Waals surface area contributed by atoms with Crippen molar-refractivity contribution in [3.8, 4) is 0 Å². The minimum absolute atomic E-state index is 0.0661. The summed E-state index contributed by atoms with van der Waals surface area (Å²) < 4.78 is 40.5. The fourth-order valence-electron chi connectivity index (χ4n) is 2.53. The summed E-state index contributed by atoms with van der Waals surface area (Å²) in [6.45, 7) is 6.10. The lowest BCUT2D eigenvalue weighted by Gasteiger charge is -2.16. The first kappa shape index (κ1) is 22.2.